The number of fused-ring (bicyclic) bond motifs is 12. The Morgan fingerprint density at radius 1 is 0.263 bits per heavy atom. The van der Waals surface area contributed by atoms with Crippen molar-refractivity contribution in [1.82, 2.24) is 15.0 Å². The van der Waals surface area contributed by atoms with Crippen LogP contribution in [0.5, 0.6) is 0 Å². The van der Waals surface area contributed by atoms with Crippen LogP contribution in [0.2, 0.25) is 0 Å². The summed E-state index contributed by atoms with van der Waals surface area (Å²) in [6.45, 7) is 0. The summed E-state index contributed by atoms with van der Waals surface area (Å²) >= 11 is 0. The van der Waals surface area contributed by atoms with Gasteiger partial charge in [-0.2, -0.15) is 0 Å². The molecule has 1 aromatic heterocycles. The van der Waals surface area contributed by atoms with E-state index >= 15 is 0 Å². The first kappa shape index (κ1) is 31.8. The van der Waals surface area contributed by atoms with Crippen LogP contribution in [-0.2, 0) is 5.41 Å². The second-order valence-electron chi connectivity index (χ2n) is 15.1. The van der Waals surface area contributed by atoms with E-state index in [0.29, 0.717) is 17.5 Å². The van der Waals surface area contributed by atoms with Crippen LogP contribution in [0.25, 0.3) is 89.1 Å². The standard InChI is InChI=1S/C54H33N3/c1-2-14-35(15-3-1)51-55-52(39-28-26-36-31-38(27-25-37(36)32-39)42-21-12-16-34-13-4-5-17-41(34)42)57-53(56-51)40-29-30-46-45-20-8-11-24-49(45)54(50(46)33-40)47-22-9-6-18-43(47)44-19-7-10-23-48(44)54/h1-33H. The number of rotatable bonds is 4. The van der Waals surface area contributed by atoms with Crippen LogP contribution in [0.3, 0.4) is 0 Å². The number of benzene rings is 9. The minimum Gasteiger partial charge on any atom is -0.208 e. The van der Waals surface area contributed by atoms with Crippen LogP contribution in [0, 0.1) is 0 Å². The Kier molecular flexibility index (Phi) is 6.84. The molecule has 2 aliphatic rings. The van der Waals surface area contributed by atoms with E-state index in [1.807, 2.05) is 18.2 Å². The largest absolute Gasteiger partial charge is 0.208 e. The number of hydrogen-bond acceptors (Lipinski definition) is 3. The second kappa shape index (κ2) is 12.3. The minimum atomic E-state index is -0.448. The third-order valence-corrected chi connectivity index (χ3v) is 12.1. The fraction of sp³-hybridized carbons (Fsp3) is 0.0185. The first-order chi connectivity index (χ1) is 28.2. The van der Waals surface area contributed by atoms with E-state index in [1.54, 1.807) is 0 Å². The molecular formula is C54H33N3. The zero-order valence-corrected chi connectivity index (χ0v) is 30.9. The van der Waals surface area contributed by atoms with Crippen molar-refractivity contribution in [2.45, 2.75) is 5.41 Å². The van der Waals surface area contributed by atoms with Crippen molar-refractivity contribution in [3.8, 4) is 67.5 Å². The average molecular weight is 724 g/mol. The van der Waals surface area contributed by atoms with Gasteiger partial charge < -0.3 is 0 Å². The smallest absolute Gasteiger partial charge is 0.164 e. The van der Waals surface area contributed by atoms with E-state index in [4.69, 9.17) is 15.0 Å². The normalized spacial score (nSPS) is 13.1. The zero-order chi connectivity index (χ0) is 37.5. The molecule has 57 heavy (non-hydrogen) atoms. The Morgan fingerprint density at radius 3 is 1.39 bits per heavy atom. The van der Waals surface area contributed by atoms with E-state index in [0.717, 1.165) is 22.1 Å². The molecule has 264 valence electrons. The predicted octanol–water partition coefficient (Wildman–Crippen LogP) is 13.2. The summed E-state index contributed by atoms with van der Waals surface area (Å²) in [5.74, 6) is 1.95. The SMILES string of the molecule is c1ccc(-c2nc(-c3ccc4c(c3)C3(c5ccccc5-c5ccccc53)c3ccccc3-4)nc(-c3ccc4cc(-c5cccc6ccccc56)ccc4c3)n2)cc1. The van der Waals surface area contributed by atoms with E-state index in [9.17, 15) is 0 Å². The summed E-state index contributed by atoms with van der Waals surface area (Å²) in [5, 5.41) is 4.80. The van der Waals surface area contributed by atoms with Gasteiger partial charge in [0.05, 0.1) is 5.41 Å². The Balaban J connectivity index is 1.03. The molecular weight excluding hydrogens is 691 g/mol. The maximum atomic E-state index is 5.26. The molecule has 0 aliphatic heterocycles. The summed E-state index contributed by atoms with van der Waals surface area (Å²) in [5.41, 5.74) is 15.1. The van der Waals surface area contributed by atoms with Gasteiger partial charge in [-0.05, 0) is 95.4 Å². The summed E-state index contributed by atoms with van der Waals surface area (Å²) in [4.78, 5) is 15.6. The predicted molar refractivity (Wildman–Crippen MR) is 233 cm³/mol. The molecule has 0 bridgehead atoms. The van der Waals surface area contributed by atoms with E-state index in [1.165, 1.54) is 71.8 Å². The lowest BCUT2D eigenvalue weighted by Gasteiger charge is -2.30. The van der Waals surface area contributed by atoms with Gasteiger partial charge in [0, 0.05) is 16.7 Å². The van der Waals surface area contributed by atoms with Crippen molar-refractivity contribution in [1.29, 1.82) is 0 Å². The second-order valence-corrected chi connectivity index (χ2v) is 15.1. The highest BCUT2D eigenvalue weighted by Gasteiger charge is 2.51. The molecule has 0 saturated heterocycles. The number of aromatic nitrogens is 3. The highest BCUT2D eigenvalue weighted by molar-refractivity contribution is 6.00. The Morgan fingerprint density at radius 2 is 0.719 bits per heavy atom. The van der Waals surface area contributed by atoms with Crippen molar-refractivity contribution in [2.24, 2.45) is 0 Å². The lowest BCUT2D eigenvalue weighted by molar-refractivity contribution is 0.794. The van der Waals surface area contributed by atoms with Gasteiger partial charge in [0.2, 0.25) is 0 Å². The van der Waals surface area contributed by atoms with Crippen molar-refractivity contribution < 1.29 is 0 Å². The molecule has 0 N–H and O–H groups in total. The van der Waals surface area contributed by atoms with Crippen LogP contribution < -0.4 is 0 Å². The van der Waals surface area contributed by atoms with Crippen molar-refractivity contribution in [2.75, 3.05) is 0 Å². The topological polar surface area (TPSA) is 38.7 Å². The summed E-state index contributed by atoms with van der Waals surface area (Å²) in [6.07, 6.45) is 0. The molecule has 0 radical (unpaired) electrons. The molecule has 0 amide bonds. The Hall–Kier alpha value is -7.49. The lowest BCUT2D eigenvalue weighted by Crippen LogP contribution is -2.25. The quantitative estimate of drug-likeness (QED) is 0.181. The van der Waals surface area contributed by atoms with Crippen LogP contribution in [-0.4, -0.2) is 15.0 Å². The molecule has 3 nitrogen and oxygen atoms in total. The molecule has 1 spiro atoms. The minimum absolute atomic E-state index is 0.448. The van der Waals surface area contributed by atoms with Crippen LogP contribution >= 0.6 is 0 Å². The van der Waals surface area contributed by atoms with Gasteiger partial charge in [-0.15, -0.1) is 0 Å². The van der Waals surface area contributed by atoms with Gasteiger partial charge in [0.1, 0.15) is 0 Å². The molecule has 0 atom stereocenters. The van der Waals surface area contributed by atoms with Crippen molar-refractivity contribution in [3.05, 3.63) is 222 Å². The lowest BCUT2D eigenvalue weighted by atomic mass is 9.70. The molecule has 10 aromatic rings. The molecule has 0 fully saturated rings. The van der Waals surface area contributed by atoms with Crippen molar-refractivity contribution >= 4 is 21.5 Å². The molecule has 12 rings (SSSR count). The van der Waals surface area contributed by atoms with Gasteiger partial charge in [0.25, 0.3) is 0 Å². The maximum absolute atomic E-state index is 5.26. The summed E-state index contributed by atoms with van der Waals surface area (Å²) in [6, 6.07) is 72.1. The number of hydrogen-bond donors (Lipinski definition) is 0. The number of nitrogens with zero attached hydrogens (tertiary/aromatic N) is 3. The zero-order valence-electron chi connectivity index (χ0n) is 30.9. The van der Waals surface area contributed by atoms with Gasteiger partial charge in [0.15, 0.2) is 17.5 Å². The molecule has 0 unspecified atom stereocenters. The van der Waals surface area contributed by atoms with Crippen molar-refractivity contribution in [3.63, 3.8) is 0 Å². The highest BCUT2D eigenvalue weighted by Crippen LogP contribution is 2.63. The molecule has 9 aromatic carbocycles. The fourth-order valence-corrected chi connectivity index (χ4v) is 9.61. The van der Waals surface area contributed by atoms with Gasteiger partial charge in [-0.25, -0.2) is 15.0 Å². The van der Waals surface area contributed by atoms with E-state index in [2.05, 4.69) is 182 Å². The third kappa shape index (κ3) is 4.69. The van der Waals surface area contributed by atoms with Gasteiger partial charge in [-0.3, -0.25) is 0 Å². The van der Waals surface area contributed by atoms with Crippen LogP contribution in [0.15, 0.2) is 200 Å². The Labute approximate surface area is 330 Å². The van der Waals surface area contributed by atoms with Gasteiger partial charge >= 0.3 is 0 Å². The monoisotopic (exact) mass is 723 g/mol. The summed E-state index contributed by atoms with van der Waals surface area (Å²) in [7, 11) is 0. The molecule has 0 saturated carbocycles. The maximum Gasteiger partial charge on any atom is 0.164 e. The summed E-state index contributed by atoms with van der Waals surface area (Å²) < 4.78 is 0. The van der Waals surface area contributed by atoms with E-state index < -0.39 is 5.41 Å². The first-order valence-electron chi connectivity index (χ1n) is 19.5. The fourth-order valence-electron chi connectivity index (χ4n) is 9.61. The first-order valence-corrected chi connectivity index (χ1v) is 19.5. The molecule has 3 heteroatoms. The van der Waals surface area contributed by atoms with Crippen LogP contribution in [0.1, 0.15) is 22.3 Å². The molecule has 2 aliphatic carbocycles. The third-order valence-electron chi connectivity index (χ3n) is 12.1. The highest BCUT2D eigenvalue weighted by atomic mass is 15.0. The molecule has 1 heterocycles. The Bertz CT molecular complexity index is 3190. The van der Waals surface area contributed by atoms with Crippen LogP contribution in [0.4, 0.5) is 0 Å². The average Bonchev–Trinajstić information content (AvgIpc) is 3.76. The van der Waals surface area contributed by atoms with E-state index in [-0.39, 0.29) is 0 Å². The van der Waals surface area contributed by atoms with Gasteiger partial charge in [-0.1, -0.05) is 182 Å².